The summed E-state index contributed by atoms with van der Waals surface area (Å²) in [5.74, 6) is 0.664. The molecule has 0 aliphatic carbocycles. The number of hydrogen-bond donors (Lipinski definition) is 0. The minimum Gasteiger partial charge on any atom is -0.496 e. The molecule has 156 valence electrons. The lowest BCUT2D eigenvalue weighted by molar-refractivity contribution is -0.0103. The number of ether oxygens (including phenoxy) is 1. The van der Waals surface area contributed by atoms with Gasteiger partial charge < -0.3 is 4.74 Å². The minimum atomic E-state index is -0.209. The summed E-state index contributed by atoms with van der Waals surface area (Å²) in [6.07, 6.45) is 1.09. The van der Waals surface area contributed by atoms with Gasteiger partial charge in [-0.15, -0.1) is 0 Å². The Labute approximate surface area is 182 Å². The predicted molar refractivity (Wildman–Crippen MR) is 119 cm³/mol. The van der Waals surface area contributed by atoms with Gasteiger partial charge in [-0.25, -0.2) is 4.39 Å². The van der Waals surface area contributed by atoms with Crippen LogP contribution < -0.4 is 4.74 Å². The lowest BCUT2D eigenvalue weighted by Gasteiger charge is -2.44. The van der Waals surface area contributed by atoms with Crippen molar-refractivity contribution in [1.29, 1.82) is 0 Å². The van der Waals surface area contributed by atoms with Gasteiger partial charge in [-0.1, -0.05) is 60.1 Å². The van der Waals surface area contributed by atoms with Gasteiger partial charge in [0.1, 0.15) is 11.6 Å². The standard InChI is InChI=1S/C25H26ClFN2O/c1-30-24-10-5-3-8-22(24)25-28(17-19-11-13-21(27)14-12-19)15-6-16-29(25)18-20-7-2-4-9-23(20)26/h2-5,7-14,25H,6,15-18H2,1H3/t25-/m1/s1. The van der Waals surface area contributed by atoms with Crippen molar-refractivity contribution in [2.45, 2.75) is 25.7 Å². The van der Waals surface area contributed by atoms with Gasteiger partial charge >= 0.3 is 0 Å². The van der Waals surface area contributed by atoms with Crippen LogP contribution in [0.3, 0.4) is 0 Å². The summed E-state index contributed by atoms with van der Waals surface area (Å²) in [5.41, 5.74) is 3.34. The maximum absolute atomic E-state index is 13.4. The Morgan fingerprint density at radius 2 is 1.57 bits per heavy atom. The second kappa shape index (κ2) is 9.61. The van der Waals surface area contributed by atoms with E-state index in [0.29, 0.717) is 0 Å². The Bertz CT molecular complexity index is 979. The van der Waals surface area contributed by atoms with Gasteiger partial charge in [0.2, 0.25) is 0 Å². The Kier molecular flexibility index (Phi) is 6.68. The number of rotatable bonds is 6. The van der Waals surface area contributed by atoms with Gasteiger partial charge in [0.25, 0.3) is 0 Å². The average Bonchev–Trinajstić information content (AvgIpc) is 2.77. The van der Waals surface area contributed by atoms with E-state index >= 15 is 0 Å². The van der Waals surface area contributed by atoms with E-state index in [0.717, 1.165) is 60.1 Å². The van der Waals surface area contributed by atoms with E-state index in [-0.39, 0.29) is 12.0 Å². The van der Waals surface area contributed by atoms with Crippen molar-refractivity contribution >= 4 is 11.6 Å². The third-order valence-electron chi connectivity index (χ3n) is 5.63. The molecule has 3 aromatic carbocycles. The number of benzene rings is 3. The van der Waals surface area contributed by atoms with Crippen molar-refractivity contribution < 1.29 is 9.13 Å². The molecule has 1 aliphatic heterocycles. The fraction of sp³-hybridized carbons (Fsp3) is 0.280. The van der Waals surface area contributed by atoms with Crippen molar-refractivity contribution in [2.24, 2.45) is 0 Å². The lowest BCUT2D eigenvalue weighted by atomic mass is 10.0. The first-order valence-electron chi connectivity index (χ1n) is 10.2. The molecule has 30 heavy (non-hydrogen) atoms. The number of para-hydroxylation sites is 1. The molecule has 0 bridgehead atoms. The number of halogens is 2. The smallest absolute Gasteiger partial charge is 0.124 e. The van der Waals surface area contributed by atoms with Crippen LogP contribution in [0.25, 0.3) is 0 Å². The molecule has 3 nitrogen and oxygen atoms in total. The highest BCUT2D eigenvalue weighted by Crippen LogP contribution is 2.37. The van der Waals surface area contributed by atoms with Gasteiger partial charge in [-0.05, 0) is 41.8 Å². The summed E-state index contributed by atoms with van der Waals surface area (Å²) in [6, 6.07) is 23.0. The zero-order valence-electron chi connectivity index (χ0n) is 17.1. The molecule has 1 heterocycles. The molecule has 0 radical (unpaired) electrons. The van der Waals surface area contributed by atoms with Gasteiger partial charge in [0.15, 0.2) is 0 Å². The van der Waals surface area contributed by atoms with Gasteiger partial charge in [-0.2, -0.15) is 0 Å². The normalized spacial score (nSPS) is 17.8. The van der Waals surface area contributed by atoms with Crippen LogP contribution in [0.4, 0.5) is 4.39 Å². The summed E-state index contributed by atoms with van der Waals surface area (Å²) >= 11 is 6.48. The molecule has 0 N–H and O–H groups in total. The first kappa shape index (κ1) is 20.9. The van der Waals surface area contributed by atoms with Gasteiger partial charge in [0, 0.05) is 36.8 Å². The number of nitrogens with zero attached hydrogens (tertiary/aromatic N) is 2. The van der Waals surface area contributed by atoms with Crippen LogP contribution >= 0.6 is 11.6 Å². The molecule has 0 unspecified atom stereocenters. The van der Waals surface area contributed by atoms with E-state index in [1.54, 1.807) is 7.11 Å². The third-order valence-corrected chi connectivity index (χ3v) is 6.00. The summed E-state index contributed by atoms with van der Waals surface area (Å²) in [5, 5.41) is 0.784. The van der Waals surface area contributed by atoms with E-state index in [4.69, 9.17) is 16.3 Å². The SMILES string of the molecule is COc1ccccc1[C@@H]1N(Cc2ccc(F)cc2)CCCN1Cc1ccccc1Cl. The number of hydrogen-bond acceptors (Lipinski definition) is 3. The van der Waals surface area contributed by atoms with Crippen molar-refractivity contribution in [3.63, 3.8) is 0 Å². The van der Waals surface area contributed by atoms with Crippen molar-refractivity contribution in [3.8, 4) is 5.75 Å². The zero-order chi connectivity index (χ0) is 20.9. The maximum atomic E-state index is 13.4. The van der Waals surface area contributed by atoms with Crippen molar-refractivity contribution in [1.82, 2.24) is 9.80 Å². The monoisotopic (exact) mass is 424 g/mol. The second-order valence-electron chi connectivity index (χ2n) is 7.63. The molecule has 0 spiro atoms. The molecule has 1 aliphatic rings. The highest BCUT2D eigenvalue weighted by molar-refractivity contribution is 6.31. The Morgan fingerprint density at radius 3 is 2.30 bits per heavy atom. The summed E-state index contributed by atoms with van der Waals surface area (Å²) < 4.78 is 19.1. The largest absolute Gasteiger partial charge is 0.496 e. The molecular weight excluding hydrogens is 399 g/mol. The molecular formula is C25H26ClFN2O. The van der Waals surface area contributed by atoms with Crippen molar-refractivity contribution in [3.05, 3.63) is 100 Å². The highest BCUT2D eigenvalue weighted by atomic mass is 35.5. The van der Waals surface area contributed by atoms with E-state index in [2.05, 4.69) is 28.0 Å². The topological polar surface area (TPSA) is 15.7 Å². The summed E-state index contributed by atoms with van der Waals surface area (Å²) in [6.45, 7) is 3.41. The fourth-order valence-electron chi connectivity index (χ4n) is 4.23. The van der Waals surface area contributed by atoms with Crippen LogP contribution in [0, 0.1) is 5.82 Å². The first-order valence-corrected chi connectivity index (χ1v) is 10.6. The Hall–Kier alpha value is -2.40. The second-order valence-corrected chi connectivity index (χ2v) is 8.04. The zero-order valence-corrected chi connectivity index (χ0v) is 17.9. The van der Waals surface area contributed by atoms with E-state index in [1.165, 1.54) is 12.1 Å². The van der Waals surface area contributed by atoms with Gasteiger partial charge in [0.05, 0.1) is 13.3 Å². The Morgan fingerprint density at radius 1 is 0.900 bits per heavy atom. The number of methoxy groups -OCH3 is 1. The first-order chi connectivity index (χ1) is 14.7. The van der Waals surface area contributed by atoms with Crippen LogP contribution in [-0.2, 0) is 13.1 Å². The lowest BCUT2D eigenvalue weighted by Crippen LogP contribution is -2.47. The van der Waals surface area contributed by atoms with E-state index in [1.807, 2.05) is 42.5 Å². The molecule has 4 rings (SSSR count). The predicted octanol–water partition coefficient (Wildman–Crippen LogP) is 5.89. The summed E-state index contributed by atoms with van der Waals surface area (Å²) in [4.78, 5) is 4.89. The van der Waals surface area contributed by atoms with E-state index < -0.39 is 0 Å². The van der Waals surface area contributed by atoms with Crippen molar-refractivity contribution in [2.75, 3.05) is 20.2 Å². The third kappa shape index (κ3) is 4.67. The fourth-order valence-corrected chi connectivity index (χ4v) is 4.42. The van der Waals surface area contributed by atoms with Crippen LogP contribution in [0.1, 0.15) is 29.3 Å². The van der Waals surface area contributed by atoms with Crippen LogP contribution in [0.2, 0.25) is 5.02 Å². The molecule has 0 amide bonds. The molecule has 0 aromatic heterocycles. The molecule has 5 heteroatoms. The van der Waals surface area contributed by atoms with Crippen LogP contribution in [0.5, 0.6) is 5.75 Å². The summed E-state index contributed by atoms with van der Waals surface area (Å²) in [7, 11) is 1.71. The van der Waals surface area contributed by atoms with Gasteiger partial charge in [-0.3, -0.25) is 9.80 Å². The maximum Gasteiger partial charge on any atom is 0.124 e. The average molecular weight is 425 g/mol. The van der Waals surface area contributed by atoms with E-state index in [9.17, 15) is 4.39 Å². The van der Waals surface area contributed by atoms with Crippen LogP contribution in [-0.4, -0.2) is 30.0 Å². The molecule has 0 saturated carbocycles. The molecule has 1 fully saturated rings. The molecule has 1 atom stereocenters. The van der Waals surface area contributed by atoms with Crippen LogP contribution in [0.15, 0.2) is 72.8 Å². The highest BCUT2D eigenvalue weighted by Gasteiger charge is 2.32. The molecule has 3 aromatic rings. The molecule has 1 saturated heterocycles. The quantitative estimate of drug-likeness (QED) is 0.490. The Balaban J connectivity index is 1.69. The minimum absolute atomic E-state index is 0.0382.